The van der Waals surface area contributed by atoms with Gasteiger partial charge in [-0.3, -0.25) is 14.6 Å². The number of amides is 2. The summed E-state index contributed by atoms with van der Waals surface area (Å²) in [6.45, 7) is 0. The van der Waals surface area contributed by atoms with Gasteiger partial charge in [-0.15, -0.1) is 0 Å². The summed E-state index contributed by atoms with van der Waals surface area (Å²) in [6, 6.07) is 8.52. The molecule has 11 heteroatoms. The number of halogens is 3. The minimum Gasteiger partial charge on any atom is -0.372 e. The first-order chi connectivity index (χ1) is 14.1. The Morgan fingerprint density at radius 3 is 2.50 bits per heavy atom. The number of carbonyl (C=O) groups is 2. The fraction of sp³-hybridized carbons (Fsp3) is 0.158. The molecule has 8 nitrogen and oxygen atoms in total. The normalized spacial score (nSPS) is 12.4. The van der Waals surface area contributed by atoms with Gasteiger partial charge in [0.15, 0.2) is 5.69 Å². The average Bonchev–Trinajstić information content (AvgIpc) is 2.66. The minimum absolute atomic E-state index is 0.0504. The molecule has 1 atom stereocenters. The molecule has 1 unspecified atom stereocenters. The molecule has 0 spiro atoms. The highest BCUT2D eigenvalue weighted by Gasteiger charge is 2.34. The molecule has 0 aliphatic rings. The summed E-state index contributed by atoms with van der Waals surface area (Å²) in [5.74, 6) is -2.02. The summed E-state index contributed by atoms with van der Waals surface area (Å²) in [7, 11) is 0. The van der Waals surface area contributed by atoms with Crippen molar-refractivity contribution in [1.82, 2.24) is 9.97 Å². The number of rotatable bonds is 7. The smallest absolute Gasteiger partial charge is 0.372 e. The second-order valence-electron chi connectivity index (χ2n) is 6.44. The van der Waals surface area contributed by atoms with Crippen molar-refractivity contribution in [2.45, 2.75) is 18.6 Å². The maximum absolute atomic E-state index is 12.7. The molecule has 3 aromatic rings. The first-order valence-electron chi connectivity index (χ1n) is 8.66. The summed E-state index contributed by atoms with van der Waals surface area (Å²) in [6.07, 6.45) is -3.34. The van der Waals surface area contributed by atoms with Gasteiger partial charge in [0, 0.05) is 17.3 Å². The highest BCUT2D eigenvalue weighted by Crippen LogP contribution is 2.27. The monoisotopic (exact) mass is 418 g/mol. The Balaban J connectivity index is 1.92. The number of pyridine rings is 2. The van der Waals surface area contributed by atoms with Crippen LogP contribution in [-0.2, 0) is 4.79 Å². The molecule has 2 aromatic heterocycles. The van der Waals surface area contributed by atoms with Gasteiger partial charge in [-0.2, -0.15) is 13.2 Å². The molecule has 0 saturated heterocycles. The van der Waals surface area contributed by atoms with Gasteiger partial charge in [0.1, 0.15) is 6.04 Å². The lowest BCUT2D eigenvalue weighted by Gasteiger charge is -2.19. The van der Waals surface area contributed by atoms with Crippen LogP contribution >= 0.6 is 0 Å². The van der Waals surface area contributed by atoms with E-state index in [0.717, 1.165) is 11.6 Å². The third kappa shape index (κ3) is 5.13. The van der Waals surface area contributed by atoms with E-state index < -0.39 is 30.5 Å². The molecule has 2 heterocycles. The number of nitrogens with one attached hydrogen (secondary N) is 2. The van der Waals surface area contributed by atoms with Crippen LogP contribution in [0.15, 0.2) is 48.8 Å². The summed E-state index contributed by atoms with van der Waals surface area (Å²) in [4.78, 5) is 31.2. The fourth-order valence-corrected chi connectivity index (χ4v) is 2.79. The Hall–Kier alpha value is -3.89. The van der Waals surface area contributed by atoms with Crippen LogP contribution in [0.5, 0.6) is 0 Å². The highest BCUT2D eigenvalue weighted by molar-refractivity contribution is 5.98. The standard InChI is InChI=1S/C19H17F3N6O2/c20-19(21,22)8-15(17(23)29)28-12-7-14(16(18(24)30)26-9-12)27-11-4-3-10-2-1-5-25-13(10)6-11/h1-7,9,15,27-28H,8H2,(H2,23,29)(H2,24,30). The molecule has 30 heavy (non-hydrogen) atoms. The van der Waals surface area contributed by atoms with Gasteiger partial charge in [0.2, 0.25) is 5.91 Å². The molecular formula is C19H17F3N6O2. The number of nitrogens with zero attached hydrogens (tertiary/aromatic N) is 2. The number of anilines is 3. The Labute approximate surface area is 168 Å². The van der Waals surface area contributed by atoms with Crippen LogP contribution in [0.4, 0.5) is 30.2 Å². The van der Waals surface area contributed by atoms with Crippen LogP contribution in [0.25, 0.3) is 10.9 Å². The zero-order chi connectivity index (χ0) is 21.9. The molecule has 156 valence electrons. The van der Waals surface area contributed by atoms with Crippen LogP contribution < -0.4 is 22.1 Å². The largest absolute Gasteiger partial charge is 0.391 e. The molecule has 6 N–H and O–H groups in total. The Bertz CT molecular complexity index is 1100. The molecule has 1 aromatic carbocycles. The van der Waals surface area contributed by atoms with Crippen LogP contribution in [0.2, 0.25) is 0 Å². The average molecular weight is 418 g/mol. The van der Waals surface area contributed by atoms with E-state index in [1.807, 2.05) is 6.07 Å². The highest BCUT2D eigenvalue weighted by atomic mass is 19.4. The number of fused-ring (bicyclic) bond motifs is 1. The third-order valence-corrected chi connectivity index (χ3v) is 4.13. The van der Waals surface area contributed by atoms with E-state index >= 15 is 0 Å². The summed E-state index contributed by atoms with van der Waals surface area (Å²) in [5.41, 5.74) is 11.7. The van der Waals surface area contributed by atoms with E-state index in [0.29, 0.717) is 11.2 Å². The number of hydrogen-bond donors (Lipinski definition) is 4. The lowest BCUT2D eigenvalue weighted by Crippen LogP contribution is -2.39. The minimum atomic E-state index is -4.60. The van der Waals surface area contributed by atoms with Gasteiger partial charge in [-0.25, -0.2) is 4.98 Å². The lowest BCUT2D eigenvalue weighted by molar-refractivity contribution is -0.144. The van der Waals surface area contributed by atoms with Crippen LogP contribution in [0.3, 0.4) is 0 Å². The number of carbonyl (C=O) groups excluding carboxylic acids is 2. The van der Waals surface area contributed by atoms with Crippen molar-refractivity contribution < 1.29 is 22.8 Å². The first-order valence-corrected chi connectivity index (χ1v) is 8.66. The Morgan fingerprint density at radius 1 is 1.07 bits per heavy atom. The number of primary amides is 2. The van der Waals surface area contributed by atoms with E-state index in [9.17, 15) is 22.8 Å². The van der Waals surface area contributed by atoms with E-state index in [2.05, 4.69) is 20.6 Å². The zero-order valence-electron chi connectivity index (χ0n) is 15.4. The molecule has 0 aliphatic carbocycles. The van der Waals surface area contributed by atoms with Crippen molar-refractivity contribution in [2.24, 2.45) is 11.5 Å². The van der Waals surface area contributed by atoms with Gasteiger partial charge in [0.25, 0.3) is 5.91 Å². The summed E-state index contributed by atoms with van der Waals surface area (Å²) < 4.78 is 38.1. The van der Waals surface area contributed by atoms with Gasteiger partial charge >= 0.3 is 6.18 Å². The second-order valence-corrected chi connectivity index (χ2v) is 6.44. The topological polar surface area (TPSA) is 136 Å². The maximum Gasteiger partial charge on any atom is 0.391 e. The number of benzene rings is 1. The molecule has 0 fully saturated rings. The molecule has 3 rings (SSSR count). The van der Waals surface area contributed by atoms with Crippen LogP contribution in [0, 0.1) is 0 Å². The van der Waals surface area contributed by atoms with Crippen LogP contribution in [-0.4, -0.2) is 34.0 Å². The molecule has 0 aliphatic heterocycles. The zero-order valence-corrected chi connectivity index (χ0v) is 15.4. The Kier molecular flexibility index (Phi) is 5.72. The molecular weight excluding hydrogens is 401 g/mol. The molecule has 0 bridgehead atoms. The van der Waals surface area contributed by atoms with Crippen molar-refractivity contribution in [3.63, 3.8) is 0 Å². The SMILES string of the molecule is NC(=O)c1ncc(NC(CC(F)(F)F)C(N)=O)cc1Nc1ccc2cccnc2c1. The maximum atomic E-state index is 12.7. The number of alkyl halides is 3. The van der Waals surface area contributed by atoms with Gasteiger partial charge in [-0.05, 0) is 24.3 Å². The summed E-state index contributed by atoms with van der Waals surface area (Å²) in [5, 5.41) is 6.24. The predicted molar refractivity (Wildman–Crippen MR) is 105 cm³/mol. The Morgan fingerprint density at radius 2 is 1.83 bits per heavy atom. The van der Waals surface area contributed by atoms with Crippen molar-refractivity contribution >= 4 is 39.8 Å². The van der Waals surface area contributed by atoms with Crippen molar-refractivity contribution in [3.05, 3.63) is 54.5 Å². The van der Waals surface area contributed by atoms with Gasteiger partial charge < -0.3 is 22.1 Å². The first kappa shape index (κ1) is 20.8. The number of aromatic nitrogens is 2. The van der Waals surface area contributed by atoms with Crippen molar-refractivity contribution in [2.75, 3.05) is 10.6 Å². The van der Waals surface area contributed by atoms with E-state index in [4.69, 9.17) is 11.5 Å². The second kappa shape index (κ2) is 8.23. The number of hydrogen-bond acceptors (Lipinski definition) is 6. The van der Waals surface area contributed by atoms with Gasteiger partial charge in [-0.1, -0.05) is 12.1 Å². The predicted octanol–water partition coefficient (Wildman–Crippen LogP) is 2.69. The molecule has 2 amide bonds. The van der Waals surface area contributed by atoms with Crippen molar-refractivity contribution in [3.8, 4) is 0 Å². The number of nitrogens with two attached hydrogens (primary N) is 2. The van der Waals surface area contributed by atoms with E-state index in [1.165, 1.54) is 6.07 Å². The third-order valence-electron chi connectivity index (χ3n) is 4.13. The van der Waals surface area contributed by atoms with Crippen LogP contribution in [0.1, 0.15) is 16.9 Å². The quantitative estimate of drug-likeness (QED) is 0.466. The lowest BCUT2D eigenvalue weighted by atomic mass is 10.1. The van der Waals surface area contributed by atoms with Crippen molar-refractivity contribution in [1.29, 1.82) is 0 Å². The molecule has 0 saturated carbocycles. The van der Waals surface area contributed by atoms with E-state index in [1.54, 1.807) is 30.5 Å². The summed E-state index contributed by atoms with van der Waals surface area (Å²) >= 11 is 0. The van der Waals surface area contributed by atoms with E-state index in [-0.39, 0.29) is 17.1 Å². The molecule has 0 radical (unpaired) electrons. The fourth-order valence-electron chi connectivity index (χ4n) is 2.79. The van der Waals surface area contributed by atoms with Gasteiger partial charge in [0.05, 0.1) is 29.5 Å².